The SMILES string of the molecule is CCC1(C)CSC(=NC2CNC(=O)C2)N1. The molecule has 2 N–H and O–H groups in total. The molecule has 84 valence electrons. The van der Waals surface area contributed by atoms with Crippen LogP contribution in [0.25, 0.3) is 0 Å². The summed E-state index contributed by atoms with van der Waals surface area (Å²) in [6.07, 6.45) is 1.63. The molecule has 2 heterocycles. The van der Waals surface area contributed by atoms with Gasteiger partial charge in [0.2, 0.25) is 5.91 Å². The van der Waals surface area contributed by atoms with Crippen molar-refractivity contribution in [1.82, 2.24) is 10.6 Å². The highest BCUT2D eigenvalue weighted by molar-refractivity contribution is 8.14. The number of nitrogens with one attached hydrogen (secondary N) is 2. The zero-order valence-electron chi connectivity index (χ0n) is 9.17. The van der Waals surface area contributed by atoms with Crippen molar-refractivity contribution in [1.29, 1.82) is 0 Å². The third kappa shape index (κ3) is 2.45. The van der Waals surface area contributed by atoms with Crippen molar-refractivity contribution in [3.63, 3.8) is 0 Å². The number of aliphatic imine (C=N–C) groups is 1. The highest BCUT2D eigenvalue weighted by Crippen LogP contribution is 2.26. The van der Waals surface area contributed by atoms with Gasteiger partial charge in [-0.25, -0.2) is 0 Å². The van der Waals surface area contributed by atoms with E-state index in [-0.39, 0.29) is 17.5 Å². The average Bonchev–Trinajstić information content (AvgIpc) is 2.76. The van der Waals surface area contributed by atoms with E-state index < -0.39 is 0 Å². The molecule has 0 aromatic carbocycles. The highest BCUT2D eigenvalue weighted by Gasteiger charge is 2.31. The summed E-state index contributed by atoms with van der Waals surface area (Å²) >= 11 is 1.76. The topological polar surface area (TPSA) is 53.5 Å². The summed E-state index contributed by atoms with van der Waals surface area (Å²) in [7, 11) is 0. The van der Waals surface area contributed by atoms with E-state index in [1.165, 1.54) is 0 Å². The molecule has 0 radical (unpaired) electrons. The molecule has 0 bridgehead atoms. The Bertz CT molecular complexity index is 305. The van der Waals surface area contributed by atoms with Crippen LogP contribution in [-0.4, -0.2) is 35.0 Å². The van der Waals surface area contributed by atoms with Crippen LogP contribution in [0.5, 0.6) is 0 Å². The first kappa shape index (κ1) is 10.8. The normalized spacial score (nSPS) is 38.1. The van der Waals surface area contributed by atoms with Gasteiger partial charge >= 0.3 is 0 Å². The number of rotatable bonds is 2. The summed E-state index contributed by atoms with van der Waals surface area (Å²) < 4.78 is 0. The van der Waals surface area contributed by atoms with E-state index in [0.29, 0.717) is 13.0 Å². The van der Waals surface area contributed by atoms with Gasteiger partial charge in [0.1, 0.15) is 0 Å². The Morgan fingerprint density at radius 1 is 1.67 bits per heavy atom. The molecule has 1 amide bonds. The fraction of sp³-hybridized carbons (Fsp3) is 0.800. The highest BCUT2D eigenvalue weighted by atomic mass is 32.2. The molecule has 2 aliphatic rings. The van der Waals surface area contributed by atoms with Gasteiger partial charge in [-0.05, 0) is 13.3 Å². The Morgan fingerprint density at radius 2 is 2.47 bits per heavy atom. The minimum Gasteiger partial charge on any atom is -0.359 e. The van der Waals surface area contributed by atoms with Gasteiger partial charge in [0.25, 0.3) is 0 Å². The molecule has 0 aliphatic carbocycles. The largest absolute Gasteiger partial charge is 0.359 e. The summed E-state index contributed by atoms with van der Waals surface area (Å²) in [5, 5.41) is 7.23. The molecular weight excluding hydrogens is 210 g/mol. The molecule has 2 rings (SSSR count). The Labute approximate surface area is 94.3 Å². The van der Waals surface area contributed by atoms with Crippen LogP contribution in [0.3, 0.4) is 0 Å². The molecule has 2 unspecified atom stereocenters. The standard InChI is InChI=1S/C10H17N3OS/c1-3-10(2)6-15-9(13-10)12-7-4-8(14)11-5-7/h7H,3-6H2,1-2H3,(H,11,14)(H,12,13). The maximum atomic E-state index is 11.0. The molecule has 15 heavy (non-hydrogen) atoms. The molecule has 5 heteroatoms. The molecule has 0 aromatic rings. The number of hydrogen-bond donors (Lipinski definition) is 2. The smallest absolute Gasteiger partial charge is 0.222 e. The van der Waals surface area contributed by atoms with Crippen molar-refractivity contribution in [2.45, 2.75) is 38.3 Å². The molecule has 0 saturated carbocycles. The van der Waals surface area contributed by atoms with Gasteiger partial charge < -0.3 is 10.6 Å². The van der Waals surface area contributed by atoms with Gasteiger partial charge in [-0.15, -0.1) is 0 Å². The lowest BCUT2D eigenvalue weighted by Gasteiger charge is -2.21. The maximum Gasteiger partial charge on any atom is 0.222 e. The maximum absolute atomic E-state index is 11.0. The van der Waals surface area contributed by atoms with E-state index in [4.69, 9.17) is 0 Å². The summed E-state index contributed by atoms with van der Waals surface area (Å²) in [5.74, 6) is 1.18. The predicted molar refractivity (Wildman–Crippen MR) is 63.1 cm³/mol. The third-order valence-electron chi connectivity index (χ3n) is 2.97. The van der Waals surface area contributed by atoms with Crippen LogP contribution in [0.1, 0.15) is 26.7 Å². The van der Waals surface area contributed by atoms with E-state index in [1.54, 1.807) is 11.8 Å². The van der Waals surface area contributed by atoms with Crippen LogP contribution in [-0.2, 0) is 4.79 Å². The number of carbonyl (C=O) groups excluding carboxylic acids is 1. The Morgan fingerprint density at radius 3 is 3.00 bits per heavy atom. The van der Waals surface area contributed by atoms with Crippen LogP contribution in [0, 0.1) is 0 Å². The van der Waals surface area contributed by atoms with Gasteiger partial charge in [-0.1, -0.05) is 18.7 Å². The first-order chi connectivity index (χ1) is 7.11. The second-order valence-corrected chi connectivity index (χ2v) is 5.39. The zero-order valence-corrected chi connectivity index (χ0v) is 9.99. The summed E-state index contributed by atoms with van der Waals surface area (Å²) in [6, 6.07) is 0.131. The average molecular weight is 227 g/mol. The van der Waals surface area contributed by atoms with E-state index in [0.717, 1.165) is 17.3 Å². The van der Waals surface area contributed by atoms with Crippen molar-refractivity contribution in [2.75, 3.05) is 12.3 Å². The zero-order chi connectivity index (χ0) is 10.9. The lowest BCUT2D eigenvalue weighted by atomic mass is 10.0. The van der Waals surface area contributed by atoms with Gasteiger partial charge in [-0.3, -0.25) is 9.79 Å². The fourth-order valence-electron chi connectivity index (χ4n) is 1.67. The van der Waals surface area contributed by atoms with E-state index in [2.05, 4.69) is 29.5 Å². The first-order valence-electron chi connectivity index (χ1n) is 5.37. The molecule has 0 spiro atoms. The van der Waals surface area contributed by atoms with Crippen LogP contribution < -0.4 is 10.6 Å². The number of nitrogens with zero attached hydrogens (tertiary/aromatic N) is 1. The fourth-order valence-corrected chi connectivity index (χ4v) is 2.94. The first-order valence-corrected chi connectivity index (χ1v) is 6.35. The van der Waals surface area contributed by atoms with Gasteiger partial charge in [0.15, 0.2) is 5.17 Å². The number of thioether (sulfide) groups is 1. The Hall–Kier alpha value is -0.710. The van der Waals surface area contributed by atoms with Crippen molar-refractivity contribution in [3.05, 3.63) is 0 Å². The van der Waals surface area contributed by atoms with E-state index >= 15 is 0 Å². The quantitative estimate of drug-likeness (QED) is 0.731. The number of amidine groups is 1. The van der Waals surface area contributed by atoms with Crippen LogP contribution in [0.2, 0.25) is 0 Å². The lowest BCUT2D eigenvalue weighted by molar-refractivity contribution is -0.119. The van der Waals surface area contributed by atoms with Crippen molar-refractivity contribution in [2.24, 2.45) is 4.99 Å². The third-order valence-corrected chi connectivity index (χ3v) is 4.23. The van der Waals surface area contributed by atoms with Crippen LogP contribution in [0.4, 0.5) is 0 Å². The van der Waals surface area contributed by atoms with Crippen LogP contribution in [0.15, 0.2) is 4.99 Å². The summed E-state index contributed by atoms with van der Waals surface area (Å²) in [4.78, 5) is 15.6. The van der Waals surface area contributed by atoms with Crippen molar-refractivity contribution < 1.29 is 4.79 Å². The van der Waals surface area contributed by atoms with Gasteiger partial charge in [-0.2, -0.15) is 0 Å². The molecule has 0 aromatic heterocycles. The minimum atomic E-state index is 0.116. The summed E-state index contributed by atoms with van der Waals surface area (Å²) in [5.41, 5.74) is 0.180. The predicted octanol–water partition coefficient (Wildman–Crippen LogP) is 0.736. The number of carbonyl (C=O) groups is 1. The number of hydrogen-bond acceptors (Lipinski definition) is 3. The molecule has 4 nitrogen and oxygen atoms in total. The Kier molecular flexibility index (Phi) is 2.91. The van der Waals surface area contributed by atoms with Gasteiger partial charge in [0.05, 0.1) is 12.5 Å². The molecule has 2 aliphatic heterocycles. The lowest BCUT2D eigenvalue weighted by Crippen LogP contribution is -2.40. The number of amides is 1. The molecular formula is C10H17N3OS. The van der Waals surface area contributed by atoms with E-state index in [9.17, 15) is 4.79 Å². The minimum absolute atomic E-state index is 0.116. The van der Waals surface area contributed by atoms with Crippen LogP contribution >= 0.6 is 11.8 Å². The summed E-state index contributed by atoms with van der Waals surface area (Å²) in [6.45, 7) is 5.07. The second kappa shape index (κ2) is 4.04. The monoisotopic (exact) mass is 227 g/mol. The molecule has 2 saturated heterocycles. The Balaban J connectivity index is 1.95. The van der Waals surface area contributed by atoms with Crippen molar-refractivity contribution >= 4 is 22.8 Å². The molecule has 2 atom stereocenters. The molecule has 2 fully saturated rings. The van der Waals surface area contributed by atoms with Crippen molar-refractivity contribution in [3.8, 4) is 0 Å². The van der Waals surface area contributed by atoms with E-state index in [1.807, 2.05) is 0 Å². The van der Waals surface area contributed by atoms with Gasteiger partial charge in [0, 0.05) is 17.8 Å². The second-order valence-electron chi connectivity index (χ2n) is 4.42.